The molecule has 0 aliphatic heterocycles. The Bertz CT molecular complexity index is 313. The van der Waals surface area contributed by atoms with Crippen LogP contribution in [0.2, 0.25) is 0 Å². The zero-order valence-electron chi connectivity index (χ0n) is 14.1. The van der Waals surface area contributed by atoms with Crippen molar-refractivity contribution in [1.82, 2.24) is 10.2 Å². The average Bonchev–Trinajstić information content (AvgIpc) is 2.36. The third-order valence-electron chi connectivity index (χ3n) is 4.66. The van der Waals surface area contributed by atoms with E-state index >= 15 is 0 Å². The fourth-order valence-electron chi connectivity index (χ4n) is 3.14. The van der Waals surface area contributed by atoms with Crippen molar-refractivity contribution in [3.05, 3.63) is 0 Å². The second-order valence-corrected chi connectivity index (χ2v) is 7.44. The van der Waals surface area contributed by atoms with E-state index in [1.807, 2.05) is 14.1 Å². The minimum Gasteiger partial charge on any atom is -0.468 e. The zero-order valence-corrected chi connectivity index (χ0v) is 14.1. The van der Waals surface area contributed by atoms with Crippen molar-refractivity contribution in [2.75, 3.05) is 34.3 Å². The third-order valence-corrected chi connectivity index (χ3v) is 4.66. The highest BCUT2D eigenvalue weighted by molar-refractivity contribution is 5.80. The van der Waals surface area contributed by atoms with E-state index in [0.29, 0.717) is 11.3 Å². The van der Waals surface area contributed by atoms with Crippen LogP contribution in [0.5, 0.6) is 0 Å². The number of rotatable bonds is 5. The minimum atomic E-state index is -0.466. The van der Waals surface area contributed by atoms with Gasteiger partial charge in [0.2, 0.25) is 0 Å². The summed E-state index contributed by atoms with van der Waals surface area (Å²) >= 11 is 0. The molecule has 4 nitrogen and oxygen atoms in total. The van der Waals surface area contributed by atoms with Crippen LogP contribution in [0.25, 0.3) is 0 Å². The Morgan fingerprint density at radius 1 is 1.30 bits per heavy atom. The number of esters is 1. The molecule has 118 valence electrons. The van der Waals surface area contributed by atoms with E-state index in [1.54, 1.807) is 0 Å². The molecule has 20 heavy (non-hydrogen) atoms. The predicted molar refractivity (Wildman–Crippen MR) is 82.7 cm³/mol. The van der Waals surface area contributed by atoms with Gasteiger partial charge in [-0.05, 0) is 51.1 Å². The molecule has 0 aromatic heterocycles. The third kappa shape index (κ3) is 4.45. The molecule has 0 saturated heterocycles. The lowest BCUT2D eigenvalue weighted by atomic mass is 9.67. The summed E-state index contributed by atoms with van der Waals surface area (Å²) in [7, 11) is 5.58. The van der Waals surface area contributed by atoms with E-state index in [9.17, 15) is 4.79 Å². The highest BCUT2D eigenvalue weighted by Crippen LogP contribution is 2.41. The minimum absolute atomic E-state index is 0.0939. The molecule has 1 saturated carbocycles. The lowest BCUT2D eigenvalue weighted by Crippen LogP contribution is -2.56. The molecule has 1 aliphatic carbocycles. The maximum absolute atomic E-state index is 12.2. The van der Waals surface area contributed by atoms with Crippen LogP contribution in [0.4, 0.5) is 0 Å². The number of nitrogens with zero attached hydrogens (tertiary/aromatic N) is 1. The van der Waals surface area contributed by atoms with E-state index in [4.69, 9.17) is 4.74 Å². The lowest BCUT2D eigenvalue weighted by Gasteiger charge is -2.43. The molecule has 0 aromatic carbocycles. The van der Waals surface area contributed by atoms with Crippen molar-refractivity contribution in [1.29, 1.82) is 0 Å². The van der Waals surface area contributed by atoms with Crippen LogP contribution in [0.3, 0.4) is 0 Å². The Morgan fingerprint density at radius 2 is 1.85 bits per heavy atom. The van der Waals surface area contributed by atoms with Crippen molar-refractivity contribution >= 4 is 5.97 Å². The van der Waals surface area contributed by atoms with Gasteiger partial charge in [0.25, 0.3) is 0 Å². The molecule has 0 spiro atoms. The first kappa shape index (κ1) is 17.4. The zero-order chi connectivity index (χ0) is 15.4. The fourth-order valence-corrected chi connectivity index (χ4v) is 3.14. The molecule has 1 rings (SSSR count). The van der Waals surface area contributed by atoms with E-state index in [2.05, 4.69) is 31.0 Å². The van der Waals surface area contributed by atoms with Crippen molar-refractivity contribution in [3.63, 3.8) is 0 Å². The second-order valence-electron chi connectivity index (χ2n) is 7.44. The van der Waals surface area contributed by atoms with Crippen molar-refractivity contribution in [2.45, 2.75) is 52.0 Å². The summed E-state index contributed by atoms with van der Waals surface area (Å²) < 4.78 is 5.06. The predicted octanol–water partition coefficient (Wildman–Crippen LogP) is 2.29. The van der Waals surface area contributed by atoms with Gasteiger partial charge in [0, 0.05) is 13.1 Å². The SMILES string of the molecule is COC(=O)C1(NCCN(C)C)CCC(C(C)(C)C)CC1. The Kier molecular flexibility index (Phi) is 6.02. The van der Waals surface area contributed by atoms with E-state index < -0.39 is 5.54 Å². The number of nitrogens with one attached hydrogen (secondary N) is 1. The molecule has 1 fully saturated rings. The topological polar surface area (TPSA) is 41.6 Å². The molecular weight excluding hydrogens is 252 g/mol. The standard InChI is InChI=1S/C16H32N2O2/c1-15(2,3)13-7-9-16(10-8-13,14(19)20-6)17-11-12-18(4)5/h13,17H,7-12H2,1-6H3. The number of ether oxygens (including phenoxy) is 1. The van der Waals surface area contributed by atoms with Crippen LogP contribution < -0.4 is 5.32 Å². The number of methoxy groups -OCH3 is 1. The molecule has 0 radical (unpaired) electrons. The molecule has 0 bridgehead atoms. The van der Waals surface area contributed by atoms with Crippen LogP contribution in [0, 0.1) is 11.3 Å². The summed E-state index contributed by atoms with van der Waals surface area (Å²) in [6.45, 7) is 8.64. The quantitative estimate of drug-likeness (QED) is 0.787. The summed E-state index contributed by atoms with van der Waals surface area (Å²) in [6, 6.07) is 0. The van der Waals surface area contributed by atoms with Crippen LogP contribution in [0.15, 0.2) is 0 Å². The van der Waals surface area contributed by atoms with Gasteiger partial charge in [0.15, 0.2) is 0 Å². The fraction of sp³-hybridized carbons (Fsp3) is 0.938. The lowest BCUT2D eigenvalue weighted by molar-refractivity contribution is -0.151. The van der Waals surface area contributed by atoms with E-state index in [1.165, 1.54) is 7.11 Å². The Hall–Kier alpha value is -0.610. The Morgan fingerprint density at radius 3 is 2.25 bits per heavy atom. The average molecular weight is 284 g/mol. The van der Waals surface area contributed by atoms with Crippen molar-refractivity contribution < 1.29 is 9.53 Å². The molecule has 0 atom stereocenters. The molecule has 0 unspecified atom stereocenters. The summed E-state index contributed by atoms with van der Waals surface area (Å²) in [5.41, 5.74) is -0.140. The number of hydrogen-bond donors (Lipinski definition) is 1. The molecular formula is C16H32N2O2. The number of carbonyl (C=O) groups is 1. The first-order valence-corrected chi connectivity index (χ1v) is 7.69. The van der Waals surface area contributed by atoms with Gasteiger partial charge in [-0.3, -0.25) is 4.79 Å². The van der Waals surface area contributed by atoms with Gasteiger partial charge in [-0.1, -0.05) is 20.8 Å². The van der Waals surface area contributed by atoms with Gasteiger partial charge in [0.05, 0.1) is 7.11 Å². The van der Waals surface area contributed by atoms with Crippen LogP contribution in [-0.4, -0.2) is 50.7 Å². The number of carbonyl (C=O) groups excluding carboxylic acids is 1. The van der Waals surface area contributed by atoms with Crippen LogP contribution >= 0.6 is 0 Å². The largest absolute Gasteiger partial charge is 0.468 e. The molecule has 0 aromatic rings. The van der Waals surface area contributed by atoms with Gasteiger partial charge in [-0.15, -0.1) is 0 Å². The van der Waals surface area contributed by atoms with Gasteiger partial charge >= 0.3 is 5.97 Å². The Balaban J connectivity index is 2.66. The van der Waals surface area contributed by atoms with Crippen molar-refractivity contribution in [3.8, 4) is 0 Å². The first-order valence-electron chi connectivity index (χ1n) is 7.69. The second kappa shape index (κ2) is 6.90. The molecule has 0 heterocycles. The monoisotopic (exact) mass is 284 g/mol. The first-order chi connectivity index (χ1) is 9.21. The number of likely N-dealkylation sites (N-methyl/N-ethyl adjacent to an activating group) is 1. The molecule has 1 N–H and O–H groups in total. The molecule has 1 aliphatic rings. The van der Waals surface area contributed by atoms with Crippen LogP contribution in [0.1, 0.15) is 46.5 Å². The smallest absolute Gasteiger partial charge is 0.326 e. The highest BCUT2D eigenvalue weighted by atomic mass is 16.5. The Labute approximate surface area is 124 Å². The summed E-state index contributed by atoms with van der Waals surface area (Å²) in [6.07, 6.45) is 3.95. The van der Waals surface area contributed by atoms with Gasteiger partial charge < -0.3 is 15.0 Å². The van der Waals surface area contributed by atoms with Gasteiger partial charge in [-0.2, -0.15) is 0 Å². The maximum atomic E-state index is 12.2. The van der Waals surface area contributed by atoms with Crippen LogP contribution in [-0.2, 0) is 9.53 Å². The van der Waals surface area contributed by atoms with Gasteiger partial charge in [-0.25, -0.2) is 0 Å². The number of hydrogen-bond acceptors (Lipinski definition) is 4. The van der Waals surface area contributed by atoms with E-state index in [-0.39, 0.29) is 5.97 Å². The van der Waals surface area contributed by atoms with Gasteiger partial charge in [0.1, 0.15) is 5.54 Å². The summed E-state index contributed by atoms with van der Waals surface area (Å²) in [4.78, 5) is 14.3. The molecule has 4 heteroatoms. The maximum Gasteiger partial charge on any atom is 0.326 e. The highest BCUT2D eigenvalue weighted by Gasteiger charge is 2.44. The normalized spacial score (nSPS) is 27.6. The summed E-state index contributed by atoms with van der Waals surface area (Å²) in [5.74, 6) is 0.597. The van der Waals surface area contributed by atoms with E-state index in [0.717, 1.165) is 38.8 Å². The molecule has 0 amide bonds. The van der Waals surface area contributed by atoms with Crippen molar-refractivity contribution in [2.24, 2.45) is 11.3 Å². The summed E-state index contributed by atoms with van der Waals surface area (Å²) in [5, 5.41) is 3.47.